The number of rotatable bonds is 10. The minimum atomic E-state index is -2.93. The number of hydrogen-bond acceptors (Lipinski definition) is 5. The van der Waals surface area contributed by atoms with Crippen molar-refractivity contribution in [3.05, 3.63) is 42.0 Å². The van der Waals surface area contributed by atoms with Gasteiger partial charge >= 0.3 is 6.61 Å². The zero-order valence-corrected chi connectivity index (χ0v) is 15.5. The number of hydrogen-bond donors (Lipinski definition) is 1. The van der Waals surface area contributed by atoms with Gasteiger partial charge in [-0.3, -0.25) is 4.79 Å². The van der Waals surface area contributed by atoms with Gasteiger partial charge < -0.3 is 19.4 Å². The number of halogens is 2. The molecule has 7 nitrogen and oxygen atoms in total. The lowest BCUT2D eigenvalue weighted by Crippen LogP contribution is -2.24. The van der Waals surface area contributed by atoms with Gasteiger partial charge in [-0.2, -0.15) is 8.78 Å². The largest absolute Gasteiger partial charge is 0.490 e. The van der Waals surface area contributed by atoms with Crippen LogP contribution >= 0.6 is 0 Å². The van der Waals surface area contributed by atoms with Gasteiger partial charge in [-0.25, -0.2) is 0 Å². The molecule has 2 aromatic rings. The standard InChI is InChI=1S/C19H22F2N4O3/c1-2-27-16-11-13(3-7-15(16)28-19(20)21)4-8-18(26)22-10-9-17-24-23-12-25(17)14-5-6-14/h3-4,7-8,11-12,14,19H,2,5-6,9-10H2,1H3,(H,22,26)/b8-4+. The molecule has 0 aliphatic heterocycles. The molecule has 0 bridgehead atoms. The lowest BCUT2D eigenvalue weighted by molar-refractivity contribution is -0.116. The molecular weight excluding hydrogens is 370 g/mol. The third-order valence-electron chi connectivity index (χ3n) is 4.15. The highest BCUT2D eigenvalue weighted by Gasteiger charge is 2.25. The quantitative estimate of drug-likeness (QED) is 0.629. The SMILES string of the molecule is CCOc1cc(/C=C/C(=O)NCCc2nncn2C2CC2)ccc1OC(F)F. The molecule has 0 radical (unpaired) electrons. The number of carbonyl (C=O) groups is 1. The van der Waals surface area contributed by atoms with E-state index in [1.165, 1.54) is 12.1 Å². The van der Waals surface area contributed by atoms with Crippen LogP contribution in [-0.4, -0.2) is 40.4 Å². The van der Waals surface area contributed by atoms with Crippen LogP contribution in [0, 0.1) is 0 Å². The van der Waals surface area contributed by atoms with E-state index < -0.39 is 6.61 Å². The number of aromatic nitrogens is 3. The number of benzene rings is 1. The van der Waals surface area contributed by atoms with Crippen LogP contribution in [0.2, 0.25) is 0 Å². The Hall–Kier alpha value is -2.97. The zero-order chi connectivity index (χ0) is 19.9. The number of ether oxygens (including phenoxy) is 2. The van der Waals surface area contributed by atoms with Crippen molar-refractivity contribution in [1.82, 2.24) is 20.1 Å². The fraction of sp³-hybridized carbons (Fsp3) is 0.421. The second-order valence-electron chi connectivity index (χ2n) is 6.28. The smallest absolute Gasteiger partial charge is 0.387 e. The molecule has 150 valence electrons. The predicted octanol–water partition coefficient (Wildman–Crippen LogP) is 2.99. The van der Waals surface area contributed by atoms with E-state index in [1.54, 1.807) is 31.5 Å². The van der Waals surface area contributed by atoms with Gasteiger partial charge in [0.25, 0.3) is 0 Å². The van der Waals surface area contributed by atoms with E-state index in [0.29, 0.717) is 31.2 Å². The van der Waals surface area contributed by atoms with Gasteiger partial charge in [0.1, 0.15) is 12.2 Å². The molecule has 0 spiro atoms. The van der Waals surface area contributed by atoms with Crippen molar-refractivity contribution in [1.29, 1.82) is 0 Å². The van der Waals surface area contributed by atoms with Gasteiger partial charge in [-0.1, -0.05) is 6.07 Å². The maximum absolute atomic E-state index is 12.4. The second kappa shape index (κ2) is 9.29. The van der Waals surface area contributed by atoms with Crippen LogP contribution in [0.25, 0.3) is 6.08 Å². The monoisotopic (exact) mass is 392 g/mol. The highest BCUT2D eigenvalue weighted by Crippen LogP contribution is 2.35. The Morgan fingerprint density at radius 2 is 2.21 bits per heavy atom. The molecule has 0 atom stereocenters. The average Bonchev–Trinajstić information content (AvgIpc) is 3.40. The van der Waals surface area contributed by atoms with Crippen LogP contribution in [0.4, 0.5) is 8.78 Å². The Labute approximate surface area is 161 Å². The first-order valence-electron chi connectivity index (χ1n) is 9.12. The highest BCUT2D eigenvalue weighted by atomic mass is 19.3. The third kappa shape index (κ3) is 5.51. The molecule has 1 N–H and O–H groups in total. The molecule has 0 unspecified atom stereocenters. The van der Waals surface area contributed by atoms with Gasteiger partial charge in [0.05, 0.1) is 6.61 Å². The summed E-state index contributed by atoms with van der Waals surface area (Å²) in [5.41, 5.74) is 0.633. The van der Waals surface area contributed by atoms with Crippen molar-refractivity contribution in [2.45, 2.75) is 38.8 Å². The first-order chi connectivity index (χ1) is 13.6. The normalized spacial score (nSPS) is 13.9. The summed E-state index contributed by atoms with van der Waals surface area (Å²) >= 11 is 0. The Bertz CT molecular complexity index is 834. The van der Waals surface area contributed by atoms with Crippen LogP contribution in [-0.2, 0) is 11.2 Å². The Morgan fingerprint density at radius 1 is 1.39 bits per heavy atom. The number of alkyl halides is 2. The minimum Gasteiger partial charge on any atom is -0.490 e. The molecule has 9 heteroatoms. The Morgan fingerprint density at radius 3 is 2.93 bits per heavy atom. The van der Waals surface area contributed by atoms with Crippen molar-refractivity contribution in [3.8, 4) is 11.5 Å². The zero-order valence-electron chi connectivity index (χ0n) is 15.5. The number of carbonyl (C=O) groups excluding carboxylic acids is 1. The van der Waals surface area contributed by atoms with E-state index in [1.807, 2.05) is 0 Å². The molecule has 1 saturated carbocycles. The van der Waals surface area contributed by atoms with Crippen LogP contribution in [0.3, 0.4) is 0 Å². The first kappa shape index (κ1) is 19.8. The number of nitrogens with one attached hydrogen (secondary N) is 1. The summed E-state index contributed by atoms with van der Waals surface area (Å²) in [6.07, 6.45) is 7.58. The summed E-state index contributed by atoms with van der Waals surface area (Å²) in [6, 6.07) is 5.00. The molecule has 1 fully saturated rings. The molecule has 1 heterocycles. The van der Waals surface area contributed by atoms with Crippen molar-refractivity contribution >= 4 is 12.0 Å². The lowest BCUT2D eigenvalue weighted by atomic mass is 10.2. The fourth-order valence-electron chi connectivity index (χ4n) is 2.72. The van der Waals surface area contributed by atoms with E-state index in [9.17, 15) is 13.6 Å². The van der Waals surface area contributed by atoms with Crippen LogP contribution in [0.15, 0.2) is 30.6 Å². The molecule has 1 amide bonds. The average molecular weight is 392 g/mol. The number of nitrogens with zero attached hydrogens (tertiary/aromatic N) is 3. The van der Waals surface area contributed by atoms with Gasteiger partial charge in [-0.05, 0) is 43.5 Å². The predicted molar refractivity (Wildman–Crippen MR) is 98.3 cm³/mol. The van der Waals surface area contributed by atoms with Crippen LogP contribution in [0.5, 0.6) is 11.5 Å². The maximum atomic E-state index is 12.4. The third-order valence-corrected chi connectivity index (χ3v) is 4.15. The van der Waals surface area contributed by atoms with Crippen LogP contribution in [0.1, 0.15) is 37.2 Å². The summed E-state index contributed by atoms with van der Waals surface area (Å²) < 4.78 is 36.7. The van der Waals surface area contributed by atoms with E-state index in [4.69, 9.17) is 4.74 Å². The summed E-state index contributed by atoms with van der Waals surface area (Å²) in [5, 5.41) is 10.8. The van der Waals surface area contributed by atoms with E-state index >= 15 is 0 Å². The minimum absolute atomic E-state index is 0.0433. The fourth-order valence-corrected chi connectivity index (χ4v) is 2.72. The molecule has 1 aliphatic carbocycles. The lowest BCUT2D eigenvalue weighted by Gasteiger charge is -2.11. The Balaban J connectivity index is 1.52. The van der Waals surface area contributed by atoms with Crippen molar-refractivity contribution in [3.63, 3.8) is 0 Å². The van der Waals surface area contributed by atoms with Crippen molar-refractivity contribution in [2.24, 2.45) is 0 Å². The molecule has 1 aromatic heterocycles. The molecule has 3 rings (SSSR count). The van der Waals surface area contributed by atoms with Crippen LogP contribution < -0.4 is 14.8 Å². The first-order valence-corrected chi connectivity index (χ1v) is 9.12. The van der Waals surface area contributed by atoms with Gasteiger partial charge in [-0.15, -0.1) is 10.2 Å². The molecule has 1 aliphatic rings. The molecule has 28 heavy (non-hydrogen) atoms. The van der Waals surface area contributed by atoms with Crippen molar-refractivity contribution < 1.29 is 23.0 Å². The second-order valence-corrected chi connectivity index (χ2v) is 6.28. The van der Waals surface area contributed by atoms with E-state index in [0.717, 1.165) is 18.7 Å². The van der Waals surface area contributed by atoms with E-state index in [2.05, 4.69) is 24.8 Å². The van der Waals surface area contributed by atoms with Crippen molar-refractivity contribution in [2.75, 3.05) is 13.2 Å². The van der Waals surface area contributed by atoms with Gasteiger partial charge in [0.2, 0.25) is 5.91 Å². The topological polar surface area (TPSA) is 78.3 Å². The number of amides is 1. The van der Waals surface area contributed by atoms with E-state index in [-0.39, 0.29) is 17.4 Å². The van der Waals surface area contributed by atoms with Gasteiger partial charge in [0.15, 0.2) is 11.5 Å². The summed E-state index contributed by atoms with van der Waals surface area (Å²) in [6.45, 7) is -0.442. The highest BCUT2D eigenvalue weighted by molar-refractivity contribution is 5.91. The molecule has 1 aromatic carbocycles. The Kier molecular flexibility index (Phi) is 6.57. The molecule has 0 saturated heterocycles. The summed E-state index contributed by atoms with van der Waals surface area (Å²) in [4.78, 5) is 12.0. The summed E-state index contributed by atoms with van der Waals surface area (Å²) in [5.74, 6) is 0.758. The summed E-state index contributed by atoms with van der Waals surface area (Å²) in [7, 11) is 0. The molecular formula is C19H22F2N4O3. The van der Waals surface area contributed by atoms with Gasteiger partial charge in [0, 0.05) is 25.1 Å². The maximum Gasteiger partial charge on any atom is 0.387 e.